The van der Waals surface area contributed by atoms with E-state index in [4.69, 9.17) is 9.84 Å². The van der Waals surface area contributed by atoms with Crippen molar-refractivity contribution < 1.29 is 14.6 Å². The van der Waals surface area contributed by atoms with E-state index in [1.54, 1.807) is 6.08 Å². The molecule has 1 heterocycles. The fraction of sp³-hybridized carbons (Fsp3) is 0.438. The van der Waals surface area contributed by atoms with Crippen LogP contribution in [0.5, 0.6) is 5.75 Å². The van der Waals surface area contributed by atoms with Gasteiger partial charge in [-0.15, -0.1) is 0 Å². The van der Waals surface area contributed by atoms with Crippen molar-refractivity contribution in [2.45, 2.75) is 19.3 Å². The van der Waals surface area contributed by atoms with Gasteiger partial charge >= 0.3 is 5.97 Å². The zero-order chi connectivity index (χ0) is 14.2. The van der Waals surface area contributed by atoms with E-state index in [0.29, 0.717) is 6.61 Å². The maximum absolute atomic E-state index is 10.5. The van der Waals surface area contributed by atoms with Crippen LogP contribution in [0.3, 0.4) is 0 Å². The van der Waals surface area contributed by atoms with Gasteiger partial charge in [-0.3, -0.25) is 0 Å². The average molecular weight is 275 g/mol. The van der Waals surface area contributed by atoms with Crippen molar-refractivity contribution in [3.63, 3.8) is 0 Å². The minimum absolute atomic E-state index is 0.697. The van der Waals surface area contributed by atoms with Gasteiger partial charge in [0.2, 0.25) is 0 Å². The lowest BCUT2D eigenvalue weighted by Crippen LogP contribution is -2.21. The predicted octanol–water partition coefficient (Wildman–Crippen LogP) is 2.65. The smallest absolute Gasteiger partial charge is 0.328 e. The van der Waals surface area contributed by atoms with Gasteiger partial charge in [-0.2, -0.15) is 0 Å². The normalized spacial score (nSPS) is 15.8. The lowest BCUT2D eigenvalue weighted by atomic mass is 10.2. The highest BCUT2D eigenvalue weighted by atomic mass is 16.5. The summed E-state index contributed by atoms with van der Waals surface area (Å²) in [4.78, 5) is 12.9. The van der Waals surface area contributed by atoms with Crippen molar-refractivity contribution in [3.05, 3.63) is 35.9 Å². The van der Waals surface area contributed by atoms with Crippen molar-refractivity contribution in [2.75, 3.05) is 26.2 Å². The standard InChI is InChI=1S/C16H21NO3/c18-16(19)8-7-14-5-3-6-15(13-14)20-12-4-11-17-9-1-2-10-17/h3,5-8,13H,1-2,4,9-12H2,(H,18,19). The van der Waals surface area contributed by atoms with Crippen LogP contribution in [0.2, 0.25) is 0 Å². The number of rotatable bonds is 7. The molecule has 108 valence electrons. The first kappa shape index (κ1) is 14.6. The van der Waals surface area contributed by atoms with E-state index in [2.05, 4.69) is 4.90 Å². The number of aliphatic carboxylic acids is 1. The van der Waals surface area contributed by atoms with Crippen molar-refractivity contribution in [1.82, 2.24) is 4.90 Å². The third-order valence-electron chi connectivity index (χ3n) is 3.36. The van der Waals surface area contributed by atoms with Crippen LogP contribution in [0.15, 0.2) is 30.3 Å². The van der Waals surface area contributed by atoms with Gasteiger partial charge in [-0.25, -0.2) is 4.79 Å². The van der Waals surface area contributed by atoms with Gasteiger partial charge in [0.05, 0.1) is 6.61 Å². The molecule has 0 bridgehead atoms. The average Bonchev–Trinajstić information content (AvgIpc) is 2.95. The molecule has 20 heavy (non-hydrogen) atoms. The molecule has 1 aromatic rings. The maximum Gasteiger partial charge on any atom is 0.328 e. The first-order chi connectivity index (χ1) is 9.74. The Kier molecular flexibility index (Phi) is 5.62. The van der Waals surface area contributed by atoms with Crippen LogP contribution >= 0.6 is 0 Å². The van der Waals surface area contributed by atoms with Gasteiger partial charge in [0, 0.05) is 12.6 Å². The molecule has 0 amide bonds. The van der Waals surface area contributed by atoms with Crippen LogP contribution in [0.1, 0.15) is 24.8 Å². The maximum atomic E-state index is 10.5. The molecular formula is C16H21NO3. The van der Waals surface area contributed by atoms with Crippen molar-refractivity contribution in [2.24, 2.45) is 0 Å². The summed E-state index contributed by atoms with van der Waals surface area (Å²) >= 11 is 0. The third-order valence-corrected chi connectivity index (χ3v) is 3.36. The number of ether oxygens (including phenoxy) is 1. The Morgan fingerprint density at radius 2 is 2.15 bits per heavy atom. The topological polar surface area (TPSA) is 49.8 Å². The number of benzene rings is 1. The molecule has 1 saturated heterocycles. The Hall–Kier alpha value is -1.81. The molecule has 1 N–H and O–H groups in total. The zero-order valence-corrected chi connectivity index (χ0v) is 11.6. The summed E-state index contributed by atoms with van der Waals surface area (Å²) in [6.45, 7) is 4.23. The largest absolute Gasteiger partial charge is 0.494 e. The van der Waals surface area contributed by atoms with Gasteiger partial charge in [0.15, 0.2) is 0 Å². The minimum atomic E-state index is -0.943. The van der Waals surface area contributed by atoms with E-state index < -0.39 is 5.97 Å². The molecule has 1 aliphatic rings. The third kappa shape index (κ3) is 5.05. The van der Waals surface area contributed by atoms with Crippen molar-refractivity contribution in [3.8, 4) is 5.75 Å². The predicted molar refractivity (Wildman–Crippen MR) is 78.9 cm³/mol. The molecule has 0 spiro atoms. The Balaban J connectivity index is 1.74. The molecule has 0 unspecified atom stereocenters. The van der Waals surface area contributed by atoms with E-state index in [1.165, 1.54) is 25.9 Å². The summed E-state index contributed by atoms with van der Waals surface area (Å²) in [5, 5.41) is 8.60. The second kappa shape index (κ2) is 7.70. The van der Waals surface area contributed by atoms with Gasteiger partial charge in [0.25, 0.3) is 0 Å². The molecule has 4 nitrogen and oxygen atoms in total. The minimum Gasteiger partial charge on any atom is -0.494 e. The van der Waals surface area contributed by atoms with E-state index >= 15 is 0 Å². The summed E-state index contributed by atoms with van der Waals surface area (Å²) in [7, 11) is 0. The molecule has 1 aliphatic heterocycles. The summed E-state index contributed by atoms with van der Waals surface area (Å²) in [6.07, 6.45) is 6.36. The highest BCUT2D eigenvalue weighted by Gasteiger charge is 2.10. The van der Waals surface area contributed by atoms with Crippen LogP contribution in [-0.4, -0.2) is 42.2 Å². The van der Waals surface area contributed by atoms with E-state index in [1.807, 2.05) is 24.3 Å². The molecule has 1 aromatic carbocycles. The molecule has 0 atom stereocenters. The zero-order valence-electron chi connectivity index (χ0n) is 11.6. The van der Waals surface area contributed by atoms with Gasteiger partial charge in [-0.05, 0) is 56.1 Å². The quantitative estimate of drug-likeness (QED) is 0.614. The lowest BCUT2D eigenvalue weighted by molar-refractivity contribution is -0.131. The Morgan fingerprint density at radius 1 is 1.35 bits per heavy atom. The highest BCUT2D eigenvalue weighted by molar-refractivity contribution is 5.85. The van der Waals surface area contributed by atoms with E-state index in [-0.39, 0.29) is 0 Å². The summed E-state index contributed by atoms with van der Waals surface area (Å²) in [5.41, 5.74) is 0.837. The molecule has 0 aromatic heterocycles. The molecule has 0 aliphatic carbocycles. The van der Waals surface area contributed by atoms with Crippen molar-refractivity contribution >= 4 is 12.0 Å². The molecule has 2 rings (SSSR count). The Morgan fingerprint density at radius 3 is 2.90 bits per heavy atom. The molecule has 0 saturated carbocycles. The molecular weight excluding hydrogens is 254 g/mol. The van der Waals surface area contributed by atoms with Crippen LogP contribution in [0.4, 0.5) is 0 Å². The van der Waals surface area contributed by atoms with Crippen molar-refractivity contribution in [1.29, 1.82) is 0 Å². The van der Waals surface area contributed by atoms with E-state index in [0.717, 1.165) is 30.4 Å². The van der Waals surface area contributed by atoms with Crippen LogP contribution in [0, 0.1) is 0 Å². The number of carboxylic acid groups (broad SMARTS) is 1. The SMILES string of the molecule is O=C(O)C=Cc1cccc(OCCCN2CCCC2)c1. The van der Waals surface area contributed by atoms with Crippen LogP contribution in [0.25, 0.3) is 6.08 Å². The fourth-order valence-electron chi connectivity index (χ4n) is 2.36. The number of carboxylic acids is 1. The first-order valence-electron chi connectivity index (χ1n) is 7.10. The lowest BCUT2D eigenvalue weighted by Gasteiger charge is -2.14. The Labute approximate surface area is 119 Å². The Bertz CT molecular complexity index is 465. The number of likely N-dealkylation sites (tertiary alicyclic amines) is 1. The van der Waals surface area contributed by atoms with Gasteiger partial charge in [-0.1, -0.05) is 12.1 Å². The number of nitrogens with zero attached hydrogens (tertiary/aromatic N) is 1. The van der Waals surface area contributed by atoms with E-state index in [9.17, 15) is 4.79 Å². The summed E-state index contributed by atoms with van der Waals surface area (Å²) in [5.74, 6) is -0.152. The number of hydrogen-bond donors (Lipinski definition) is 1. The first-order valence-corrected chi connectivity index (χ1v) is 7.10. The number of hydrogen-bond acceptors (Lipinski definition) is 3. The van der Waals surface area contributed by atoms with Gasteiger partial charge in [0.1, 0.15) is 5.75 Å². The molecule has 4 heteroatoms. The fourth-order valence-corrected chi connectivity index (χ4v) is 2.36. The van der Waals surface area contributed by atoms with Crippen LogP contribution < -0.4 is 4.74 Å². The monoisotopic (exact) mass is 275 g/mol. The molecule has 1 fully saturated rings. The molecule has 0 radical (unpaired) electrons. The van der Waals surface area contributed by atoms with Gasteiger partial charge < -0.3 is 14.7 Å². The second-order valence-electron chi connectivity index (χ2n) is 4.99. The summed E-state index contributed by atoms with van der Waals surface area (Å²) in [6, 6.07) is 7.48. The summed E-state index contributed by atoms with van der Waals surface area (Å²) < 4.78 is 5.71. The highest BCUT2D eigenvalue weighted by Crippen LogP contribution is 2.15. The second-order valence-corrected chi connectivity index (χ2v) is 4.99. The number of carbonyl (C=O) groups is 1. The van der Waals surface area contributed by atoms with Crippen LogP contribution in [-0.2, 0) is 4.79 Å².